The number of nitrogen functional groups attached to an aromatic ring is 1. The predicted molar refractivity (Wildman–Crippen MR) is 64.0 cm³/mol. The van der Waals surface area contributed by atoms with E-state index in [0.717, 1.165) is 0 Å². The summed E-state index contributed by atoms with van der Waals surface area (Å²) < 4.78 is 13.2. The Hall–Kier alpha value is -1.62. The molecular formula is C12H17FN2O2. The van der Waals surface area contributed by atoms with Crippen molar-refractivity contribution in [3.63, 3.8) is 0 Å². The van der Waals surface area contributed by atoms with E-state index in [4.69, 9.17) is 5.73 Å². The van der Waals surface area contributed by atoms with E-state index in [-0.39, 0.29) is 11.3 Å². The number of nitrogens with two attached hydrogens (primary N) is 1. The van der Waals surface area contributed by atoms with Gasteiger partial charge < -0.3 is 16.2 Å². The van der Waals surface area contributed by atoms with Crippen molar-refractivity contribution in [3.05, 3.63) is 29.6 Å². The second-order valence-electron chi connectivity index (χ2n) is 4.55. The third kappa shape index (κ3) is 2.94. The third-order valence-electron chi connectivity index (χ3n) is 2.78. The van der Waals surface area contributed by atoms with Gasteiger partial charge in [-0.05, 0) is 32.9 Å². The Labute approximate surface area is 99.6 Å². The lowest BCUT2D eigenvalue weighted by Crippen LogP contribution is -2.51. The average Bonchev–Trinajstić information content (AvgIpc) is 2.21. The Bertz CT molecular complexity index is 431. The Balaban J connectivity index is 2.95. The minimum absolute atomic E-state index is 0.0683. The molecule has 5 heteroatoms. The molecule has 1 aromatic rings. The SMILES string of the molecule is CC(O)C(C)(C)NC(=O)c1cccc(F)c1N. The predicted octanol–water partition coefficient (Wildman–Crippen LogP) is 1.30. The van der Waals surface area contributed by atoms with Crippen LogP contribution in [0.4, 0.5) is 10.1 Å². The lowest BCUT2D eigenvalue weighted by atomic mass is 9.98. The van der Waals surface area contributed by atoms with Crippen LogP contribution in [0.3, 0.4) is 0 Å². The van der Waals surface area contributed by atoms with Crippen LogP contribution in [-0.4, -0.2) is 22.7 Å². The number of aliphatic hydroxyl groups excluding tert-OH is 1. The summed E-state index contributed by atoms with van der Waals surface area (Å²) in [6.07, 6.45) is -0.735. The zero-order chi connectivity index (χ0) is 13.2. The molecule has 1 amide bonds. The lowest BCUT2D eigenvalue weighted by molar-refractivity contribution is 0.0710. The normalized spacial score (nSPS) is 13.2. The van der Waals surface area contributed by atoms with Crippen molar-refractivity contribution in [1.82, 2.24) is 5.32 Å². The van der Waals surface area contributed by atoms with Crippen LogP contribution in [0.1, 0.15) is 31.1 Å². The van der Waals surface area contributed by atoms with Crippen LogP contribution in [0.2, 0.25) is 0 Å². The topological polar surface area (TPSA) is 75.3 Å². The van der Waals surface area contributed by atoms with E-state index >= 15 is 0 Å². The summed E-state index contributed by atoms with van der Waals surface area (Å²) in [5, 5.41) is 12.1. The maximum Gasteiger partial charge on any atom is 0.253 e. The van der Waals surface area contributed by atoms with Crippen LogP contribution in [0.15, 0.2) is 18.2 Å². The molecule has 1 atom stereocenters. The standard InChI is InChI=1S/C12H17FN2O2/c1-7(16)12(2,3)15-11(17)8-5-4-6-9(13)10(8)14/h4-7,16H,14H2,1-3H3,(H,15,17). The molecule has 1 aromatic carbocycles. The number of nitrogens with one attached hydrogen (secondary N) is 1. The maximum absolute atomic E-state index is 13.2. The summed E-state index contributed by atoms with van der Waals surface area (Å²) in [5.41, 5.74) is 4.55. The molecule has 0 saturated heterocycles. The number of carbonyl (C=O) groups is 1. The van der Waals surface area contributed by atoms with Crippen molar-refractivity contribution < 1.29 is 14.3 Å². The molecule has 0 aliphatic carbocycles. The Morgan fingerprint density at radius 3 is 2.65 bits per heavy atom. The van der Waals surface area contributed by atoms with Crippen molar-refractivity contribution in [2.24, 2.45) is 0 Å². The van der Waals surface area contributed by atoms with Gasteiger partial charge in [0.2, 0.25) is 0 Å². The summed E-state index contributed by atoms with van der Waals surface area (Å²) in [4.78, 5) is 11.9. The first-order valence-electron chi connectivity index (χ1n) is 5.30. The first-order chi connectivity index (χ1) is 7.75. The molecule has 4 N–H and O–H groups in total. The minimum atomic E-state index is -0.810. The van der Waals surface area contributed by atoms with Gasteiger partial charge in [0.05, 0.1) is 22.9 Å². The van der Waals surface area contributed by atoms with Gasteiger partial charge in [0.15, 0.2) is 0 Å². The molecule has 0 fully saturated rings. The summed E-state index contributed by atoms with van der Waals surface area (Å²) in [5.74, 6) is -1.14. The number of amides is 1. The Morgan fingerprint density at radius 2 is 2.12 bits per heavy atom. The quantitative estimate of drug-likeness (QED) is 0.697. The average molecular weight is 240 g/mol. The molecule has 0 saturated carbocycles. The van der Waals surface area contributed by atoms with Gasteiger partial charge in [0.25, 0.3) is 5.91 Å². The van der Waals surface area contributed by atoms with Gasteiger partial charge in [0.1, 0.15) is 5.82 Å². The largest absolute Gasteiger partial charge is 0.396 e. The minimum Gasteiger partial charge on any atom is -0.396 e. The highest BCUT2D eigenvalue weighted by atomic mass is 19.1. The summed E-state index contributed by atoms with van der Waals surface area (Å²) in [7, 11) is 0. The van der Waals surface area contributed by atoms with Crippen molar-refractivity contribution in [2.45, 2.75) is 32.4 Å². The van der Waals surface area contributed by atoms with Crippen molar-refractivity contribution >= 4 is 11.6 Å². The summed E-state index contributed by atoms with van der Waals surface area (Å²) in [6, 6.07) is 4.04. The highest BCUT2D eigenvalue weighted by molar-refractivity contribution is 5.99. The first-order valence-corrected chi connectivity index (χ1v) is 5.30. The molecule has 0 spiro atoms. The fourth-order valence-electron chi connectivity index (χ4n) is 1.20. The fourth-order valence-corrected chi connectivity index (χ4v) is 1.20. The van der Waals surface area contributed by atoms with E-state index in [1.807, 2.05) is 0 Å². The Kier molecular flexibility index (Phi) is 3.72. The highest BCUT2D eigenvalue weighted by Crippen LogP contribution is 2.17. The van der Waals surface area contributed by atoms with E-state index in [2.05, 4.69) is 5.32 Å². The molecule has 0 radical (unpaired) electrons. The van der Waals surface area contributed by atoms with Crippen LogP contribution in [0.25, 0.3) is 0 Å². The summed E-state index contributed by atoms with van der Waals surface area (Å²) in [6.45, 7) is 4.91. The smallest absolute Gasteiger partial charge is 0.253 e. The number of hydrogen-bond donors (Lipinski definition) is 3. The molecule has 17 heavy (non-hydrogen) atoms. The molecule has 1 rings (SSSR count). The molecule has 94 valence electrons. The molecule has 0 bridgehead atoms. The van der Waals surface area contributed by atoms with Crippen LogP contribution in [0, 0.1) is 5.82 Å². The zero-order valence-electron chi connectivity index (χ0n) is 10.1. The number of benzene rings is 1. The van der Waals surface area contributed by atoms with E-state index < -0.39 is 23.4 Å². The Morgan fingerprint density at radius 1 is 1.53 bits per heavy atom. The monoisotopic (exact) mass is 240 g/mol. The second kappa shape index (κ2) is 4.71. The number of hydrogen-bond acceptors (Lipinski definition) is 3. The molecule has 4 nitrogen and oxygen atoms in total. The van der Waals surface area contributed by atoms with Crippen molar-refractivity contribution in [2.75, 3.05) is 5.73 Å². The molecule has 0 aliphatic heterocycles. The number of para-hydroxylation sites is 1. The van der Waals surface area contributed by atoms with Gasteiger partial charge in [-0.25, -0.2) is 4.39 Å². The summed E-state index contributed by atoms with van der Waals surface area (Å²) >= 11 is 0. The molecule has 0 aromatic heterocycles. The van der Waals surface area contributed by atoms with E-state index in [1.165, 1.54) is 18.2 Å². The number of rotatable bonds is 3. The molecular weight excluding hydrogens is 223 g/mol. The molecule has 0 aliphatic rings. The third-order valence-corrected chi connectivity index (χ3v) is 2.78. The number of halogens is 1. The van der Waals surface area contributed by atoms with Gasteiger partial charge in [-0.2, -0.15) is 0 Å². The van der Waals surface area contributed by atoms with E-state index in [9.17, 15) is 14.3 Å². The van der Waals surface area contributed by atoms with Crippen molar-refractivity contribution in [1.29, 1.82) is 0 Å². The van der Waals surface area contributed by atoms with Crippen LogP contribution >= 0.6 is 0 Å². The first kappa shape index (κ1) is 13.4. The molecule has 1 unspecified atom stereocenters. The maximum atomic E-state index is 13.2. The van der Waals surface area contributed by atoms with Gasteiger partial charge in [-0.1, -0.05) is 6.07 Å². The van der Waals surface area contributed by atoms with Crippen LogP contribution in [0.5, 0.6) is 0 Å². The highest BCUT2D eigenvalue weighted by Gasteiger charge is 2.27. The second-order valence-corrected chi connectivity index (χ2v) is 4.55. The lowest BCUT2D eigenvalue weighted by Gasteiger charge is -2.29. The number of carbonyl (C=O) groups excluding carboxylic acids is 1. The van der Waals surface area contributed by atoms with Gasteiger partial charge in [-0.3, -0.25) is 4.79 Å². The zero-order valence-corrected chi connectivity index (χ0v) is 10.1. The van der Waals surface area contributed by atoms with E-state index in [0.29, 0.717) is 0 Å². The van der Waals surface area contributed by atoms with Gasteiger partial charge >= 0.3 is 0 Å². The van der Waals surface area contributed by atoms with E-state index in [1.54, 1.807) is 20.8 Å². The fraction of sp³-hybridized carbons (Fsp3) is 0.417. The number of aliphatic hydroxyl groups is 1. The van der Waals surface area contributed by atoms with Crippen LogP contribution in [-0.2, 0) is 0 Å². The molecule has 0 heterocycles. The van der Waals surface area contributed by atoms with Crippen molar-refractivity contribution in [3.8, 4) is 0 Å². The van der Waals surface area contributed by atoms with Crippen LogP contribution < -0.4 is 11.1 Å². The van der Waals surface area contributed by atoms with Gasteiger partial charge in [-0.15, -0.1) is 0 Å². The number of anilines is 1. The van der Waals surface area contributed by atoms with Gasteiger partial charge in [0, 0.05) is 0 Å².